The van der Waals surface area contributed by atoms with Crippen LogP contribution in [0.15, 0.2) is 0 Å². The summed E-state index contributed by atoms with van der Waals surface area (Å²) in [5.41, 5.74) is -1.60. The van der Waals surface area contributed by atoms with Gasteiger partial charge in [0.05, 0.1) is 0 Å². The molecule has 0 aliphatic heterocycles. The monoisotopic (exact) mass is 227 g/mol. The predicted octanol–water partition coefficient (Wildman–Crippen LogP) is 3.00. The molecule has 0 N–H and O–H groups in total. The van der Waals surface area contributed by atoms with E-state index in [1.54, 1.807) is 0 Å². The van der Waals surface area contributed by atoms with E-state index in [1.165, 1.54) is 0 Å². The van der Waals surface area contributed by atoms with E-state index in [2.05, 4.69) is 54.0 Å². The summed E-state index contributed by atoms with van der Waals surface area (Å²) in [7, 11) is 0. The Labute approximate surface area is 72.9 Å². The van der Waals surface area contributed by atoms with Gasteiger partial charge in [-0.1, -0.05) is 0 Å². The molecule has 0 saturated carbocycles. The summed E-state index contributed by atoms with van der Waals surface area (Å²) in [4.78, 5) is 0. The molecule has 0 rings (SSSR count). The molecule has 0 aliphatic rings. The predicted molar refractivity (Wildman–Crippen MR) is 56.5 cm³/mol. The van der Waals surface area contributed by atoms with Crippen LogP contribution in [0.25, 0.3) is 0 Å². The summed E-state index contributed by atoms with van der Waals surface area (Å²) < 4.78 is 2.51. The molecule has 0 aromatic heterocycles. The van der Waals surface area contributed by atoms with Crippen molar-refractivity contribution in [3.8, 4) is 0 Å². The number of rotatable bonds is 3. The molecule has 64 valence electrons. The zero-order valence-corrected chi connectivity index (χ0v) is 10.2. The minimum atomic E-state index is -1.60. The molecule has 0 saturated heterocycles. The number of hydrogen-bond donors (Lipinski definition) is 0. The van der Waals surface area contributed by atoms with Crippen LogP contribution in [0.3, 0.4) is 0 Å². The van der Waals surface area contributed by atoms with Gasteiger partial charge in [0.1, 0.15) is 0 Å². The molecule has 0 atom stereocenters. The summed E-state index contributed by atoms with van der Waals surface area (Å²) in [6.45, 7) is 13.7. The van der Waals surface area contributed by atoms with Crippen LogP contribution in [0.4, 0.5) is 0 Å². The summed E-state index contributed by atoms with van der Waals surface area (Å²) in [5, 5.41) is 0. The fourth-order valence-corrected chi connectivity index (χ4v) is 4.44. The van der Waals surface area contributed by atoms with E-state index in [9.17, 15) is 0 Å². The molecule has 1 nitrogen and oxygen atoms in total. The molecule has 0 bridgehead atoms. The van der Waals surface area contributed by atoms with E-state index in [4.69, 9.17) is 0 Å². The van der Waals surface area contributed by atoms with E-state index in [-0.39, 0.29) is 0 Å². The van der Waals surface area contributed by atoms with Crippen LogP contribution in [0.2, 0.25) is 0 Å². The Hall–Kier alpha value is 0.870. The van der Waals surface area contributed by atoms with Crippen molar-refractivity contribution in [2.24, 2.45) is 0 Å². The van der Waals surface area contributed by atoms with Crippen LogP contribution >= 0.6 is 20.9 Å². The van der Waals surface area contributed by atoms with Crippen molar-refractivity contribution >= 4 is 20.9 Å². The minimum absolute atomic E-state index is 1.14. The van der Waals surface area contributed by atoms with Gasteiger partial charge in [0.25, 0.3) is 0 Å². The van der Waals surface area contributed by atoms with Crippen molar-refractivity contribution in [1.82, 2.24) is 4.67 Å². The van der Waals surface area contributed by atoms with Crippen LogP contribution in [0.5, 0.6) is 0 Å². The molecule has 10 heavy (non-hydrogen) atoms. The zero-order valence-electron chi connectivity index (χ0n) is 7.69. The molecule has 0 fully saturated rings. The van der Waals surface area contributed by atoms with E-state index < -0.39 is 5.46 Å². The van der Waals surface area contributed by atoms with Crippen molar-refractivity contribution < 1.29 is 0 Å². The molecule has 0 amide bonds. The van der Waals surface area contributed by atoms with E-state index in [0.29, 0.717) is 0 Å². The van der Waals surface area contributed by atoms with Crippen molar-refractivity contribution in [1.29, 1.82) is 0 Å². The van der Waals surface area contributed by atoms with Crippen LogP contribution in [0.1, 0.15) is 13.8 Å². The van der Waals surface area contributed by atoms with Gasteiger partial charge in [-0.15, -0.1) is 0 Å². The van der Waals surface area contributed by atoms with E-state index >= 15 is 0 Å². The third kappa shape index (κ3) is 3.32. The zero-order chi connectivity index (χ0) is 8.44. The molecule has 3 heteroatoms. The quantitative estimate of drug-likeness (QED) is 0.671. The molecule has 0 aliphatic carbocycles. The van der Waals surface area contributed by atoms with Crippen molar-refractivity contribution in [2.75, 3.05) is 33.1 Å². The number of nitrogens with zero attached hydrogens (tertiary/aromatic N) is 1. The fourth-order valence-electron chi connectivity index (χ4n) is 1.18. The van der Waals surface area contributed by atoms with Gasteiger partial charge < -0.3 is 0 Å². The van der Waals surface area contributed by atoms with Gasteiger partial charge in [-0.2, -0.15) is 0 Å². The van der Waals surface area contributed by atoms with Gasteiger partial charge in [-0.05, 0) is 0 Å². The van der Waals surface area contributed by atoms with Crippen LogP contribution in [-0.4, -0.2) is 37.8 Å². The van der Waals surface area contributed by atoms with Crippen molar-refractivity contribution in [3.05, 3.63) is 0 Å². The third-order valence-corrected chi connectivity index (χ3v) is 5.51. The topological polar surface area (TPSA) is 3.24 Å². The maximum atomic E-state index is 3.83. The molecule has 0 radical (unpaired) electrons. The first-order chi connectivity index (χ1) is 4.28. The molecular weight excluding hydrogens is 209 g/mol. The molecule has 0 spiro atoms. The van der Waals surface area contributed by atoms with Crippen LogP contribution in [-0.2, 0) is 0 Å². The third-order valence-electron chi connectivity index (χ3n) is 1.69. The van der Waals surface area contributed by atoms with E-state index in [0.717, 1.165) is 13.1 Å². The molecule has 0 aromatic carbocycles. The first kappa shape index (κ1) is 10.9. The number of halogens is 1. The SMILES string of the molecule is CCN(CC)P(C)(C)(C)Br. The number of hydrogen-bond acceptors (Lipinski definition) is 1. The second-order valence-electron chi connectivity index (χ2n) is 3.66. The summed E-state index contributed by atoms with van der Waals surface area (Å²) in [6, 6.07) is 0. The molecule has 0 aromatic rings. The second kappa shape index (κ2) is 3.08. The summed E-state index contributed by atoms with van der Waals surface area (Å²) in [5.74, 6) is 0. The van der Waals surface area contributed by atoms with Crippen molar-refractivity contribution in [3.63, 3.8) is 0 Å². The van der Waals surface area contributed by atoms with E-state index in [1.807, 2.05) is 0 Å². The second-order valence-corrected chi connectivity index (χ2v) is 16.6. The fraction of sp³-hybridized carbons (Fsp3) is 1.00. The Morgan fingerprint density at radius 1 is 1.10 bits per heavy atom. The Morgan fingerprint density at radius 2 is 1.40 bits per heavy atom. The van der Waals surface area contributed by atoms with Crippen LogP contribution in [0, 0.1) is 0 Å². The Bertz CT molecular complexity index is 103. The normalized spacial score (nSPS) is 16.9. The summed E-state index contributed by atoms with van der Waals surface area (Å²) >= 11 is 3.83. The average Bonchev–Trinajstić information content (AvgIpc) is 1.62. The average molecular weight is 228 g/mol. The van der Waals surface area contributed by atoms with Gasteiger partial charge in [-0.25, -0.2) is 0 Å². The summed E-state index contributed by atoms with van der Waals surface area (Å²) in [6.07, 6.45) is 0. The first-order valence-electron chi connectivity index (χ1n) is 3.76. The Morgan fingerprint density at radius 3 is 1.40 bits per heavy atom. The van der Waals surface area contributed by atoms with Gasteiger partial charge in [-0.3, -0.25) is 0 Å². The Kier molecular flexibility index (Phi) is 3.35. The van der Waals surface area contributed by atoms with Gasteiger partial charge >= 0.3 is 72.5 Å². The first-order valence-corrected chi connectivity index (χ1v) is 9.31. The van der Waals surface area contributed by atoms with Crippen LogP contribution < -0.4 is 0 Å². The molecule has 0 unspecified atom stereocenters. The Balaban J connectivity index is 4.28. The molecular formula is C7H19BrNP. The maximum absolute atomic E-state index is 3.83. The van der Waals surface area contributed by atoms with Gasteiger partial charge in [0, 0.05) is 0 Å². The standard InChI is InChI=1S/C7H19BrNP/c1-6-9(7-2)10(3,4,5)8/h6-7H2,1-5H3. The van der Waals surface area contributed by atoms with Gasteiger partial charge in [0.15, 0.2) is 0 Å². The molecule has 0 heterocycles. The van der Waals surface area contributed by atoms with Gasteiger partial charge in [0.2, 0.25) is 0 Å². The van der Waals surface area contributed by atoms with Crippen molar-refractivity contribution in [2.45, 2.75) is 13.8 Å².